The molecule has 0 unspecified atom stereocenters. The van der Waals surface area contributed by atoms with Crippen LogP contribution in [-0.4, -0.2) is 33.2 Å². The Kier molecular flexibility index (Phi) is 8.80. The molecule has 0 aliphatic rings. The van der Waals surface area contributed by atoms with Gasteiger partial charge in [-0.15, -0.1) is 11.8 Å². The zero-order valence-corrected chi connectivity index (χ0v) is 21.8. The second kappa shape index (κ2) is 11.6. The molecule has 0 aliphatic carbocycles. The highest BCUT2D eigenvalue weighted by Gasteiger charge is 2.28. The van der Waals surface area contributed by atoms with Crippen LogP contribution in [0.5, 0.6) is 0 Å². The predicted octanol–water partition coefficient (Wildman–Crippen LogP) is 5.41. The van der Waals surface area contributed by atoms with Gasteiger partial charge in [-0.2, -0.15) is 0 Å². The molecular formula is C27H32N2O3S2. The molecule has 0 atom stereocenters. The quantitative estimate of drug-likeness (QED) is 0.301. The molecule has 34 heavy (non-hydrogen) atoms. The number of rotatable bonds is 10. The molecule has 1 amide bonds. The highest BCUT2D eigenvalue weighted by atomic mass is 32.2. The van der Waals surface area contributed by atoms with Gasteiger partial charge < -0.3 is 5.32 Å². The lowest BCUT2D eigenvalue weighted by atomic mass is 10.1. The van der Waals surface area contributed by atoms with Crippen molar-refractivity contribution in [2.45, 2.75) is 43.9 Å². The minimum Gasteiger partial charge on any atom is -0.354 e. The summed E-state index contributed by atoms with van der Waals surface area (Å²) in [5.74, 6) is 0.544. The smallest absolute Gasteiger partial charge is 0.264 e. The Morgan fingerprint density at radius 2 is 1.50 bits per heavy atom. The number of thioether (sulfide) groups is 1. The molecule has 0 saturated carbocycles. The molecule has 0 radical (unpaired) electrons. The summed E-state index contributed by atoms with van der Waals surface area (Å²) in [6, 6.07) is 20.6. The number of nitrogens with one attached hydrogen (secondary N) is 1. The van der Waals surface area contributed by atoms with Crippen molar-refractivity contribution in [1.29, 1.82) is 0 Å². The standard InChI is InChI=1S/C27H32N2O3S2/c1-20-9-13-24(14-10-20)33-18-6-17-28-27(30)19-29(26-8-5-7-22(3)23(26)4)34(31,32)25-15-11-21(2)12-16-25/h5,7-16H,6,17-19H2,1-4H3,(H,28,30). The van der Waals surface area contributed by atoms with E-state index in [2.05, 4.69) is 36.5 Å². The van der Waals surface area contributed by atoms with Crippen LogP contribution in [0.2, 0.25) is 0 Å². The third kappa shape index (κ3) is 6.64. The number of hydrogen-bond acceptors (Lipinski definition) is 4. The van der Waals surface area contributed by atoms with Gasteiger partial charge in [0.05, 0.1) is 10.6 Å². The molecule has 0 aromatic heterocycles. The van der Waals surface area contributed by atoms with E-state index in [1.165, 1.54) is 14.8 Å². The fourth-order valence-corrected chi connectivity index (χ4v) is 5.79. The molecule has 3 aromatic carbocycles. The first-order valence-electron chi connectivity index (χ1n) is 11.3. The summed E-state index contributed by atoms with van der Waals surface area (Å²) in [5.41, 5.74) is 4.52. The van der Waals surface area contributed by atoms with Gasteiger partial charge in [-0.05, 0) is 81.3 Å². The lowest BCUT2D eigenvalue weighted by Gasteiger charge is -2.26. The van der Waals surface area contributed by atoms with Crippen LogP contribution < -0.4 is 9.62 Å². The number of carbonyl (C=O) groups excluding carboxylic acids is 1. The van der Waals surface area contributed by atoms with E-state index >= 15 is 0 Å². The zero-order valence-electron chi connectivity index (χ0n) is 20.2. The molecule has 0 aliphatic heterocycles. The summed E-state index contributed by atoms with van der Waals surface area (Å²) in [5, 5.41) is 2.89. The van der Waals surface area contributed by atoms with Gasteiger partial charge in [0.1, 0.15) is 6.54 Å². The Bertz CT molecular complexity index is 1220. The number of aryl methyl sites for hydroxylation is 3. The first kappa shape index (κ1) is 25.8. The summed E-state index contributed by atoms with van der Waals surface area (Å²) in [6.07, 6.45) is 0.790. The first-order valence-corrected chi connectivity index (χ1v) is 13.7. The zero-order chi connectivity index (χ0) is 24.7. The van der Waals surface area contributed by atoms with Crippen LogP contribution in [-0.2, 0) is 14.8 Å². The highest BCUT2D eigenvalue weighted by Crippen LogP contribution is 2.28. The van der Waals surface area contributed by atoms with Gasteiger partial charge in [0.2, 0.25) is 5.91 Å². The van der Waals surface area contributed by atoms with Gasteiger partial charge in [0.15, 0.2) is 0 Å². The van der Waals surface area contributed by atoms with E-state index in [1.807, 2.05) is 32.9 Å². The molecule has 3 rings (SSSR count). The second-order valence-corrected chi connectivity index (χ2v) is 11.4. The molecule has 180 valence electrons. The Labute approximate surface area is 207 Å². The Balaban J connectivity index is 1.68. The van der Waals surface area contributed by atoms with E-state index in [0.717, 1.165) is 28.9 Å². The number of amides is 1. The van der Waals surface area contributed by atoms with Gasteiger partial charge in [-0.3, -0.25) is 9.10 Å². The fourth-order valence-electron chi connectivity index (χ4n) is 3.45. The SMILES string of the molecule is Cc1ccc(SCCCNC(=O)CN(c2cccc(C)c2C)S(=O)(=O)c2ccc(C)cc2)cc1. The van der Waals surface area contributed by atoms with Crippen LogP contribution in [0.25, 0.3) is 0 Å². The summed E-state index contributed by atoms with van der Waals surface area (Å²) in [6.45, 7) is 7.99. The summed E-state index contributed by atoms with van der Waals surface area (Å²) < 4.78 is 28.3. The van der Waals surface area contributed by atoms with E-state index in [1.54, 1.807) is 42.1 Å². The van der Waals surface area contributed by atoms with E-state index in [9.17, 15) is 13.2 Å². The maximum atomic E-state index is 13.5. The Morgan fingerprint density at radius 1 is 0.882 bits per heavy atom. The van der Waals surface area contributed by atoms with Crippen molar-refractivity contribution >= 4 is 33.4 Å². The fraction of sp³-hybridized carbons (Fsp3) is 0.296. The van der Waals surface area contributed by atoms with Crippen LogP contribution in [0.3, 0.4) is 0 Å². The third-order valence-corrected chi connectivity index (χ3v) is 8.55. The molecule has 3 aromatic rings. The van der Waals surface area contributed by atoms with Gasteiger partial charge >= 0.3 is 0 Å². The van der Waals surface area contributed by atoms with Crippen molar-refractivity contribution in [3.05, 3.63) is 89.0 Å². The molecule has 0 spiro atoms. The largest absolute Gasteiger partial charge is 0.354 e. The molecule has 0 saturated heterocycles. The Hall–Kier alpha value is -2.77. The number of benzene rings is 3. The summed E-state index contributed by atoms with van der Waals surface area (Å²) >= 11 is 1.74. The minimum atomic E-state index is -3.91. The maximum Gasteiger partial charge on any atom is 0.264 e. The van der Waals surface area contributed by atoms with Gasteiger partial charge in [0, 0.05) is 11.4 Å². The summed E-state index contributed by atoms with van der Waals surface area (Å²) in [7, 11) is -3.91. The lowest BCUT2D eigenvalue weighted by Crippen LogP contribution is -2.41. The van der Waals surface area contributed by atoms with Crippen molar-refractivity contribution in [3.63, 3.8) is 0 Å². The van der Waals surface area contributed by atoms with Crippen LogP contribution >= 0.6 is 11.8 Å². The number of sulfonamides is 1. The molecule has 0 heterocycles. The third-order valence-electron chi connectivity index (χ3n) is 5.67. The van der Waals surface area contributed by atoms with Crippen molar-refractivity contribution in [3.8, 4) is 0 Å². The van der Waals surface area contributed by atoms with Gasteiger partial charge in [-0.1, -0.05) is 47.5 Å². The van der Waals surface area contributed by atoms with Crippen LogP contribution in [0.1, 0.15) is 28.7 Å². The molecule has 7 heteroatoms. The molecule has 0 bridgehead atoms. The highest BCUT2D eigenvalue weighted by molar-refractivity contribution is 7.99. The van der Waals surface area contributed by atoms with E-state index in [0.29, 0.717) is 12.2 Å². The van der Waals surface area contributed by atoms with Crippen molar-refractivity contribution in [2.24, 2.45) is 0 Å². The molecule has 0 fully saturated rings. The average molecular weight is 497 g/mol. The molecule has 1 N–H and O–H groups in total. The van der Waals surface area contributed by atoms with E-state index < -0.39 is 10.0 Å². The Morgan fingerprint density at radius 3 is 2.15 bits per heavy atom. The van der Waals surface area contributed by atoms with Crippen molar-refractivity contribution in [2.75, 3.05) is 23.1 Å². The van der Waals surface area contributed by atoms with Crippen LogP contribution in [0.4, 0.5) is 5.69 Å². The second-order valence-electron chi connectivity index (χ2n) is 8.41. The topological polar surface area (TPSA) is 66.5 Å². The normalized spacial score (nSPS) is 11.3. The number of nitrogens with zero attached hydrogens (tertiary/aromatic N) is 1. The summed E-state index contributed by atoms with van der Waals surface area (Å²) in [4.78, 5) is 14.2. The van der Waals surface area contributed by atoms with Crippen LogP contribution in [0.15, 0.2) is 76.5 Å². The molecular weight excluding hydrogens is 464 g/mol. The van der Waals surface area contributed by atoms with Crippen LogP contribution in [0, 0.1) is 27.7 Å². The average Bonchev–Trinajstić information content (AvgIpc) is 2.81. The number of carbonyl (C=O) groups is 1. The van der Waals surface area contributed by atoms with E-state index in [-0.39, 0.29) is 17.3 Å². The van der Waals surface area contributed by atoms with Crippen molar-refractivity contribution < 1.29 is 13.2 Å². The number of anilines is 1. The maximum absolute atomic E-state index is 13.5. The lowest BCUT2D eigenvalue weighted by molar-refractivity contribution is -0.119. The van der Waals surface area contributed by atoms with Gasteiger partial charge in [-0.25, -0.2) is 8.42 Å². The van der Waals surface area contributed by atoms with Gasteiger partial charge in [0.25, 0.3) is 10.0 Å². The van der Waals surface area contributed by atoms with E-state index in [4.69, 9.17) is 0 Å². The minimum absolute atomic E-state index is 0.168. The monoisotopic (exact) mass is 496 g/mol. The number of hydrogen-bond donors (Lipinski definition) is 1. The predicted molar refractivity (Wildman–Crippen MR) is 141 cm³/mol. The molecule has 5 nitrogen and oxygen atoms in total. The van der Waals surface area contributed by atoms with Crippen molar-refractivity contribution in [1.82, 2.24) is 5.32 Å². The first-order chi connectivity index (χ1) is 16.2.